The summed E-state index contributed by atoms with van der Waals surface area (Å²) in [6, 6.07) is 1.85. The molecule has 2 heteroatoms. The lowest BCUT2D eigenvalue weighted by atomic mass is 10.0. The third-order valence-corrected chi connectivity index (χ3v) is 2.98. The molecule has 1 unspecified atom stereocenters. The molecule has 0 aliphatic heterocycles. The fraction of sp³-hybridized carbons (Fsp3) is 0.929. The van der Waals surface area contributed by atoms with E-state index < -0.39 is 6.10 Å². The Bertz CT molecular complexity index is 174. The highest BCUT2D eigenvalue weighted by molar-refractivity contribution is 4.81. The Hall–Kier alpha value is -0.550. The number of hydrogen-bond donors (Lipinski definition) is 1. The Kier molecular flexibility index (Phi) is 12.1. The molecule has 0 saturated carbocycles. The van der Waals surface area contributed by atoms with Crippen LogP contribution in [0.5, 0.6) is 0 Å². The van der Waals surface area contributed by atoms with E-state index in [0.29, 0.717) is 6.42 Å². The smallest absolute Gasteiger partial charge is 0.140 e. The summed E-state index contributed by atoms with van der Waals surface area (Å²) < 4.78 is 0. The molecular formula is C14H27NO. The van der Waals surface area contributed by atoms with Gasteiger partial charge in [0.2, 0.25) is 0 Å². The van der Waals surface area contributed by atoms with Gasteiger partial charge in [-0.2, -0.15) is 5.26 Å². The summed E-state index contributed by atoms with van der Waals surface area (Å²) in [5.41, 5.74) is 0. The van der Waals surface area contributed by atoms with Crippen molar-refractivity contribution < 1.29 is 5.11 Å². The number of unbranched alkanes of at least 4 members (excludes halogenated alkanes) is 9. The second-order valence-electron chi connectivity index (χ2n) is 4.62. The molecule has 0 aromatic carbocycles. The highest BCUT2D eigenvalue weighted by Gasteiger charge is 1.99. The molecule has 0 amide bonds. The standard InChI is InChI=1S/C14H27NO/c1-2-3-4-5-6-7-8-9-10-11-12-14(16)13-15/h14,16H,2-12H2,1H3. The first-order chi connectivity index (χ1) is 7.81. The van der Waals surface area contributed by atoms with Gasteiger partial charge < -0.3 is 5.11 Å². The van der Waals surface area contributed by atoms with Gasteiger partial charge in [0.05, 0.1) is 6.07 Å². The highest BCUT2D eigenvalue weighted by Crippen LogP contribution is 2.11. The molecule has 0 rings (SSSR count). The van der Waals surface area contributed by atoms with Gasteiger partial charge in [-0.15, -0.1) is 0 Å². The van der Waals surface area contributed by atoms with Crippen LogP contribution in [-0.4, -0.2) is 11.2 Å². The summed E-state index contributed by atoms with van der Waals surface area (Å²) >= 11 is 0. The minimum Gasteiger partial charge on any atom is -0.378 e. The Labute approximate surface area is 101 Å². The third-order valence-electron chi connectivity index (χ3n) is 2.98. The van der Waals surface area contributed by atoms with Crippen molar-refractivity contribution in [3.63, 3.8) is 0 Å². The fourth-order valence-electron chi connectivity index (χ4n) is 1.89. The first-order valence-corrected chi connectivity index (χ1v) is 6.89. The zero-order valence-corrected chi connectivity index (χ0v) is 10.7. The number of rotatable bonds is 11. The van der Waals surface area contributed by atoms with E-state index in [1.807, 2.05) is 6.07 Å². The van der Waals surface area contributed by atoms with Crippen molar-refractivity contribution >= 4 is 0 Å². The molecular weight excluding hydrogens is 198 g/mol. The zero-order chi connectivity index (χ0) is 12.1. The molecule has 0 heterocycles. The van der Waals surface area contributed by atoms with Crippen LogP contribution in [0.2, 0.25) is 0 Å². The average molecular weight is 225 g/mol. The Morgan fingerprint density at radius 3 is 1.75 bits per heavy atom. The quantitative estimate of drug-likeness (QED) is 0.423. The molecule has 1 atom stereocenters. The molecule has 0 spiro atoms. The van der Waals surface area contributed by atoms with Gasteiger partial charge in [-0.1, -0.05) is 64.7 Å². The van der Waals surface area contributed by atoms with Crippen LogP contribution in [0.15, 0.2) is 0 Å². The van der Waals surface area contributed by atoms with Crippen molar-refractivity contribution in [1.29, 1.82) is 5.26 Å². The molecule has 2 nitrogen and oxygen atoms in total. The van der Waals surface area contributed by atoms with Crippen LogP contribution in [0.4, 0.5) is 0 Å². The summed E-state index contributed by atoms with van der Waals surface area (Å²) in [5, 5.41) is 17.4. The van der Waals surface area contributed by atoms with Gasteiger partial charge in [0.15, 0.2) is 0 Å². The third kappa shape index (κ3) is 11.5. The summed E-state index contributed by atoms with van der Waals surface area (Å²) in [4.78, 5) is 0. The first kappa shape index (κ1) is 15.4. The van der Waals surface area contributed by atoms with Gasteiger partial charge in [0.25, 0.3) is 0 Å². The Balaban J connectivity index is 2.96. The number of nitrogens with zero attached hydrogens (tertiary/aromatic N) is 1. The van der Waals surface area contributed by atoms with Crippen LogP contribution >= 0.6 is 0 Å². The van der Waals surface area contributed by atoms with Crippen molar-refractivity contribution in [3.8, 4) is 6.07 Å². The Morgan fingerprint density at radius 1 is 0.875 bits per heavy atom. The largest absolute Gasteiger partial charge is 0.378 e. The fourth-order valence-corrected chi connectivity index (χ4v) is 1.89. The molecule has 94 valence electrons. The zero-order valence-electron chi connectivity index (χ0n) is 10.7. The van der Waals surface area contributed by atoms with Crippen LogP contribution < -0.4 is 0 Å². The van der Waals surface area contributed by atoms with Crippen molar-refractivity contribution in [2.24, 2.45) is 0 Å². The van der Waals surface area contributed by atoms with Crippen molar-refractivity contribution in [2.45, 2.75) is 83.7 Å². The van der Waals surface area contributed by atoms with Crippen LogP contribution in [0.25, 0.3) is 0 Å². The molecule has 0 fully saturated rings. The SMILES string of the molecule is CCCCCCCCCCCCC(O)C#N. The molecule has 0 radical (unpaired) electrons. The first-order valence-electron chi connectivity index (χ1n) is 6.89. The molecule has 0 aliphatic carbocycles. The molecule has 1 N–H and O–H groups in total. The average Bonchev–Trinajstić information content (AvgIpc) is 2.31. The van der Waals surface area contributed by atoms with E-state index in [4.69, 9.17) is 10.4 Å². The molecule has 16 heavy (non-hydrogen) atoms. The lowest BCUT2D eigenvalue weighted by Gasteiger charge is -2.03. The second-order valence-corrected chi connectivity index (χ2v) is 4.62. The van der Waals surface area contributed by atoms with E-state index in [-0.39, 0.29) is 0 Å². The van der Waals surface area contributed by atoms with Gasteiger partial charge in [0, 0.05) is 0 Å². The second kappa shape index (κ2) is 12.5. The highest BCUT2D eigenvalue weighted by atomic mass is 16.3. The van der Waals surface area contributed by atoms with Gasteiger partial charge >= 0.3 is 0 Å². The Morgan fingerprint density at radius 2 is 1.31 bits per heavy atom. The maximum absolute atomic E-state index is 9.02. The number of aliphatic hydroxyl groups is 1. The molecule has 0 aromatic rings. The van der Waals surface area contributed by atoms with E-state index in [0.717, 1.165) is 12.8 Å². The minimum absolute atomic E-state index is 0.646. The lowest BCUT2D eigenvalue weighted by molar-refractivity contribution is 0.215. The number of nitriles is 1. The van der Waals surface area contributed by atoms with E-state index >= 15 is 0 Å². The maximum atomic E-state index is 9.02. The minimum atomic E-state index is -0.742. The molecule has 0 aromatic heterocycles. The van der Waals surface area contributed by atoms with Crippen LogP contribution in [0, 0.1) is 11.3 Å². The van der Waals surface area contributed by atoms with Crippen LogP contribution in [0.3, 0.4) is 0 Å². The van der Waals surface area contributed by atoms with Gasteiger partial charge in [-0.25, -0.2) is 0 Å². The lowest BCUT2D eigenvalue weighted by Crippen LogP contribution is -2.01. The monoisotopic (exact) mass is 225 g/mol. The summed E-state index contributed by atoms with van der Waals surface area (Å²) in [7, 11) is 0. The van der Waals surface area contributed by atoms with Crippen LogP contribution in [-0.2, 0) is 0 Å². The van der Waals surface area contributed by atoms with Crippen molar-refractivity contribution in [1.82, 2.24) is 0 Å². The van der Waals surface area contributed by atoms with Gasteiger partial charge in [-0.3, -0.25) is 0 Å². The number of hydrogen-bond acceptors (Lipinski definition) is 2. The number of aliphatic hydroxyl groups excluding tert-OH is 1. The van der Waals surface area contributed by atoms with E-state index in [2.05, 4.69) is 6.92 Å². The summed E-state index contributed by atoms with van der Waals surface area (Å²) in [5.74, 6) is 0. The summed E-state index contributed by atoms with van der Waals surface area (Å²) in [6.07, 6.45) is 12.8. The van der Waals surface area contributed by atoms with E-state index in [9.17, 15) is 0 Å². The van der Waals surface area contributed by atoms with Gasteiger partial charge in [0.1, 0.15) is 6.10 Å². The molecule has 0 bridgehead atoms. The van der Waals surface area contributed by atoms with E-state index in [1.165, 1.54) is 51.4 Å². The van der Waals surface area contributed by atoms with Gasteiger partial charge in [-0.05, 0) is 12.8 Å². The van der Waals surface area contributed by atoms with E-state index in [1.54, 1.807) is 0 Å². The molecule has 0 aliphatic rings. The van der Waals surface area contributed by atoms with Crippen molar-refractivity contribution in [3.05, 3.63) is 0 Å². The molecule has 0 saturated heterocycles. The topological polar surface area (TPSA) is 44.0 Å². The predicted octanol–water partition coefficient (Wildman–Crippen LogP) is 4.18. The predicted molar refractivity (Wildman–Crippen MR) is 68.1 cm³/mol. The normalized spacial score (nSPS) is 12.3. The van der Waals surface area contributed by atoms with Crippen molar-refractivity contribution in [2.75, 3.05) is 0 Å². The van der Waals surface area contributed by atoms with Crippen LogP contribution in [0.1, 0.15) is 77.6 Å². The maximum Gasteiger partial charge on any atom is 0.140 e. The summed E-state index contributed by atoms with van der Waals surface area (Å²) in [6.45, 7) is 2.25.